The zero-order chi connectivity index (χ0) is 14.5. The van der Waals surface area contributed by atoms with Gasteiger partial charge in [0.05, 0.1) is 5.69 Å². The second-order valence-corrected chi connectivity index (χ2v) is 4.52. The Hall–Kier alpha value is -2.21. The summed E-state index contributed by atoms with van der Waals surface area (Å²) in [6.45, 7) is 2.50. The zero-order valence-corrected chi connectivity index (χ0v) is 11.4. The molecule has 1 aromatic carbocycles. The van der Waals surface area contributed by atoms with E-state index in [2.05, 4.69) is 15.7 Å². The molecule has 5 nitrogen and oxygen atoms in total. The second kappa shape index (κ2) is 6.29. The summed E-state index contributed by atoms with van der Waals surface area (Å²) in [4.78, 5) is 11.9. The summed E-state index contributed by atoms with van der Waals surface area (Å²) in [5.74, 6) is -0.534. The van der Waals surface area contributed by atoms with Crippen molar-refractivity contribution >= 4 is 5.91 Å². The molecule has 0 saturated heterocycles. The van der Waals surface area contributed by atoms with Crippen molar-refractivity contribution in [3.63, 3.8) is 0 Å². The first-order chi connectivity index (χ1) is 9.60. The van der Waals surface area contributed by atoms with Crippen molar-refractivity contribution in [1.29, 1.82) is 0 Å². The normalized spacial score (nSPS) is 12.2. The summed E-state index contributed by atoms with van der Waals surface area (Å²) >= 11 is 0. The van der Waals surface area contributed by atoms with E-state index in [1.54, 1.807) is 24.4 Å². The number of carbonyl (C=O) groups excluding carboxylic acids is 1. The minimum Gasteiger partial charge on any atom is -0.349 e. The number of likely N-dealkylation sites (N-methyl/N-ethyl adjacent to an activating group) is 1. The van der Waals surface area contributed by atoms with Crippen molar-refractivity contribution < 1.29 is 9.18 Å². The van der Waals surface area contributed by atoms with Gasteiger partial charge in [-0.3, -0.25) is 4.79 Å². The minimum atomic E-state index is -0.306. The predicted molar refractivity (Wildman–Crippen MR) is 74.4 cm³/mol. The summed E-state index contributed by atoms with van der Waals surface area (Å²) in [7, 11) is 1.83. The molecule has 20 heavy (non-hydrogen) atoms. The highest BCUT2D eigenvalue weighted by atomic mass is 19.1. The van der Waals surface area contributed by atoms with Gasteiger partial charge in [0.25, 0.3) is 5.91 Å². The molecular formula is C14H17FN4O. The molecule has 0 saturated carbocycles. The minimum absolute atomic E-state index is 0.193. The first kappa shape index (κ1) is 14.2. The van der Waals surface area contributed by atoms with Gasteiger partial charge in [-0.15, -0.1) is 0 Å². The number of amides is 1. The van der Waals surface area contributed by atoms with Gasteiger partial charge in [0.15, 0.2) is 5.69 Å². The highest BCUT2D eigenvalue weighted by molar-refractivity contribution is 5.92. The van der Waals surface area contributed by atoms with E-state index in [0.717, 1.165) is 0 Å². The third kappa shape index (κ3) is 3.42. The number of aromatic nitrogens is 2. The molecule has 0 aliphatic carbocycles. The fraction of sp³-hybridized carbons (Fsp3) is 0.286. The second-order valence-electron chi connectivity index (χ2n) is 4.52. The fourth-order valence-corrected chi connectivity index (χ4v) is 1.62. The maximum absolute atomic E-state index is 12.8. The van der Waals surface area contributed by atoms with Crippen LogP contribution in [-0.2, 0) is 0 Å². The fourth-order valence-electron chi connectivity index (χ4n) is 1.62. The van der Waals surface area contributed by atoms with E-state index in [9.17, 15) is 9.18 Å². The Morgan fingerprint density at radius 1 is 1.35 bits per heavy atom. The van der Waals surface area contributed by atoms with Crippen LogP contribution in [0, 0.1) is 5.82 Å². The lowest BCUT2D eigenvalue weighted by atomic mass is 10.3. The average Bonchev–Trinajstić information content (AvgIpc) is 2.95. The molecular weight excluding hydrogens is 259 g/mol. The van der Waals surface area contributed by atoms with Gasteiger partial charge in [-0.25, -0.2) is 9.07 Å². The number of nitrogens with one attached hydrogen (secondary N) is 2. The van der Waals surface area contributed by atoms with Crippen LogP contribution in [0.3, 0.4) is 0 Å². The highest BCUT2D eigenvalue weighted by Crippen LogP contribution is 2.08. The van der Waals surface area contributed by atoms with Crippen LogP contribution in [0.25, 0.3) is 5.69 Å². The Bertz CT molecular complexity index is 579. The molecule has 0 aliphatic rings. The Morgan fingerprint density at radius 2 is 2.05 bits per heavy atom. The number of benzene rings is 1. The first-order valence-electron chi connectivity index (χ1n) is 6.37. The molecule has 1 heterocycles. The topological polar surface area (TPSA) is 58.9 Å². The molecule has 0 bridgehead atoms. The largest absolute Gasteiger partial charge is 0.349 e. The average molecular weight is 276 g/mol. The number of hydrogen-bond donors (Lipinski definition) is 2. The van der Waals surface area contributed by atoms with E-state index in [1.165, 1.54) is 16.8 Å². The summed E-state index contributed by atoms with van der Waals surface area (Å²) in [6, 6.07) is 7.73. The lowest BCUT2D eigenvalue weighted by molar-refractivity contribution is 0.0945. The molecule has 0 radical (unpaired) electrons. The van der Waals surface area contributed by atoms with Crippen LogP contribution in [0.5, 0.6) is 0 Å². The van der Waals surface area contributed by atoms with Crippen LogP contribution in [0.15, 0.2) is 36.5 Å². The van der Waals surface area contributed by atoms with E-state index >= 15 is 0 Å². The van der Waals surface area contributed by atoms with Gasteiger partial charge in [0.1, 0.15) is 5.82 Å². The number of rotatable bonds is 5. The monoisotopic (exact) mass is 276 g/mol. The van der Waals surface area contributed by atoms with Crippen LogP contribution < -0.4 is 10.6 Å². The van der Waals surface area contributed by atoms with Crippen molar-refractivity contribution in [2.45, 2.75) is 13.0 Å². The van der Waals surface area contributed by atoms with E-state index in [1.807, 2.05) is 14.0 Å². The molecule has 1 aromatic heterocycles. The molecule has 0 fully saturated rings. The Morgan fingerprint density at radius 3 is 2.70 bits per heavy atom. The number of halogens is 1. The summed E-state index contributed by atoms with van der Waals surface area (Å²) in [5.41, 5.74) is 1.03. The van der Waals surface area contributed by atoms with Crippen LogP contribution in [0.4, 0.5) is 4.39 Å². The van der Waals surface area contributed by atoms with Crippen LogP contribution in [0.2, 0.25) is 0 Å². The van der Waals surface area contributed by atoms with Gasteiger partial charge < -0.3 is 10.6 Å². The van der Waals surface area contributed by atoms with Gasteiger partial charge >= 0.3 is 0 Å². The zero-order valence-electron chi connectivity index (χ0n) is 11.4. The molecule has 106 valence electrons. The van der Waals surface area contributed by atoms with Crippen LogP contribution >= 0.6 is 0 Å². The molecule has 6 heteroatoms. The van der Waals surface area contributed by atoms with Crippen molar-refractivity contribution in [3.8, 4) is 5.69 Å². The molecule has 0 aliphatic heterocycles. The lowest BCUT2D eigenvalue weighted by Crippen LogP contribution is -2.37. The van der Waals surface area contributed by atoms with Crippen molar-refractivity contribution in [2.24, 2.45) is 0 Å². The Kier molecular flexibility index (Phi) is 4.47. The van der Waals surface area contributed by atoms with E-state index in [4.69, 9.17) is 0 Å². The Labute approximate surface area is 116 Å². The maximum atomic E-state index is 12.8. The van der Waals surface area contributed by atoms with Crippen LogP contribution in [-0.4, -0.2) is 35.3 Å². The summed E-state index contributed by atoms with van der Waals surface area (Å²) < 4.78 is 14.4. The quantitative estimate of drug-likeness (QED) is 0.866. The summed E-state index contributed by atoms with van der Waals surface area (Å²) in [5, 5.41) is 9.99. The van der Waals surface area contributed by atoms with Crippen molar-refractivity contribution in [3.05, 3.63) is 48.0 Å². The van der Waals surface area contributed by atoms with Gasteiger partial charge in [0.2, 0.25) is 0 Å². The van der Waals surface area contributed by atoms with Crippen molar-refractivity contribution in [1.82, 2.24) is 20.4 Å². The number of hydrogen-bond acceptors (Lipinski definition) is 3. The molecule has 2 rings (SSSR count). The standard InChI is InChI=1S/C14H17FN4O/c1-10(16-2)9-17-14(20)13-7-8-19(18-13)12-5-3-11(15)4-6-12/h3-8,10,16H,9H2,1-2H3,(H,17,20). The van der Waals surface area contributed by atoms with Crippen molar-refractivity contribution in [2.75, 3.05) is 13.6 Å². The highest BCUT2D eigenvalue weighted by Gasteiger charge is 2.10. The molecule has 0 spiro atoms. The molecule has 1 atom stereocenters. The van der Waals surface area contributed by atoms with Gasteiger partial charge in [0, 0.05) is 18.8 Å². The van der Waals surface area contributed by atoms with Gasteiger partial charge in [-0.1, -0.05) is 0 Å². The van der Waals surface area contributed by atoms with Gasteiger partial charge in [-0.05, 0) is 44.3 Å². The van der Waals surface area contributed by atoms with Crippen LogP contribution in [0.1, 0.15) is 17.4 Å². The lowest BCUT2D eigenvalue weighted by Gasteiger charge is -2.10. The van der Waals surface area contributed by atoms with E-state index in [0.29, 0.717) is 17.9 Å². The molecule has 1 amide bonds. The third-order valence-corrected chi connectivity index (χ3v) is 2.97. The van der Waals surface area contributed by atoms with E-state index in [-0.39, 0.29) is 17.8 Å². The molecule has 2 N–H and O–H groups in total. The third-order valence-electron chi connectivity index (χ3n) is 2.97. The first-order valence-corrected chi connectivity index (χ1v) is 6.37. The van der Waals surface area contributed by atoms with Gasteiger partial charge in [-0.2, -0.15) is 5.10 Å². The number of carbonyl (C=O) groups is 1. The SMILES string of the molecule is CNC(C)CNC(=O)c1ccn(-c2ccc(F)cc2)n1. The maximum Gasteiger partial charge on any atom is 0.271 e. The predicted octanol–water partition coefficient (Wildman–Crippen LogP) is 1.35. The summed E-state index contributed by atoms with van der Waals surface area (Å²) in [6.07, 6.45) is 1.67. The molecule has 2 aromatic rings. The number of nitrogens with zero attached hydrogens (tertiary/aromatic N) is 2. The molecule has 1 unspecified atom stereocenters. The Balaban J connectivity index is 2.05. The van der Waals surface area contributed by atoms with E-state index < -0.39 is 0 Å². The smallest absolute Gasteiger partial charge is 0.271 e.